The molecule has 3 aliphatic rings. The van der Waals surface area contributed by atoms with E-state index in [2.05, 4.69) is 43.5 Å². The second-order valence-electron chi connectivity index (χ2n) is 8.40. The fourth-order valence-corrected chi connectivity index (χ4v) is 4.61. The van der Waals surface area contributed by atoms with Gasteiger partial charge in [-0.05, 0) is 12.1 Å². The van der Waals surface area contributed by atoms with Crippen LogP contribution in [0.25, 0.3) is 16.9 Å². The van der Waals surface area contributed by atoms with Crippen LogP contribution in [0.3, 0.4) is 0 Å². The van der Waals surface area contributed by atoms with Crippen molar-refractivity contribution in [3.8, 4) is 5.69 Å². The Hall–Kier alpha value is -2.95. The van der Waals surface area contributed by atoms with Gasteiger partial charge in [-0.15, -0.1) is 0 Å². The van der Waals surface area contributed by atoms with Crippen LogP contribution in [0.5, 0.6) is 0 Å². The lowest BCUT2D eigenvalue weighted by molar-refractivity contribution is 0.121. The van der Waals surface area contributed by atoms with Gasteiger partial charge in [0, 0.05) is 39.3 Å². The molecule has 3 aliphatic heterocycles. The molecule has 1 aromatic carbocycles. The summed E-state index contributed by atoms with van der Waals surface area (Å²) in [5.74, 6) is 2.51. The fourth-order valence-electron chi connectivity index (χ4n) is 4.61. The first-order chi connectivity index (χ1) is 16.4. The third-order valence-electron chi connectivity index (χ3n) is 6.37. The van der Waals surface area contributed by atoms with E-state index in [0.717, 1.165) is 73.8 Å². The van der Waals surface area contributed by atoms with E-state index >= 15 is 0 Å². The molecule has 2 aromatic heterocycles. The molecule has 10 nitrogen and oxygen atoms in total. The molecule has 3 aromatic rings. The molecular weight excluding hydrogens is 422 g/mol. The van der Waals surface area contributed by atoms with Crippen LogP contribution < -0.4 is 14.7 Å². The number of fused-ring (bicyclic) bond motifs is 1. The number of imidazole rings is 1. The average Bonchev–Trinajstić information content (AvgIpc) is 3.30. The smallest absolute Gasteiger partial charge is 0.229 e. The van der Waals surface area contributed by atoms with Gasteiger partial charge in [0.1, 0.15) is 0 Å². The van der Waals surface area contributed by atoms with Gasteiger partial charge < -0.3 is 28.9 Å². The van der Waals surface area contributed by atoms with E-state index in [4.69, 9.17) is 29.2 Å². The Labute approximate surface area is 192 Å². The van der Waals surface area contributed by atoms with Crippen molar-refractivity contribution in [2.24, 2.45) is 0 Å². The monoisotopic (exact) mass is 451 g/mol. The van der Waals surface area contributed by atoms with E-state index in [1.807, 2.05) is 6.07 Å². The largest absolute Gasteiger partial charge is 0.378 e. The van der Waals surface area contributed by atoms with Crippen LogP contribution in [0.2, 0.25) is 0 Å². The van der Waals surface area contributed by atoms with E-state index in [9.17, 15) is 0 Å². The highest BCUT2D eigenvalue weighted by Gasteiger charge is 2.28. The summed E-state index contributed by atoms with van der Waals surface area (Å²) in [4.78, 5) is 22.1. The van der Waals surface area contributed by atoms with Crippen molar-refractivity contribution in [3.63, 3.8) is 0 Å². The Balaban J connectivity index is 1.57. The van der Waals surface area contributed by atoms with Crippen molar-refractivity contribution in [1.29, 1.82) is 0 Å². The molecule has 0 spiro atoms. The van der Waals surface area contributed by atoms with Crippen LogP contribution in [-0.2, 0) is 14.2 Å². The zero-order valence-electron chi connectivity index (χ0n) is 18.7. The first-order valence-electron chi connectivity index (χ1n) is 11.7. The van der Waals surface area contributed by atoms with Crippen molar-refractivity contribution in [2.45, 2.75) is 0 Å². The SMILES string of the molecule is c1ccc(-n2c(N3CCOCC3)nc3c(N4CCOCC4)nc(N4CCOCC4)nc32)cc1. The lowest BCUT2D eigenvalue weighted by Gasteiger charge is -2.30. The minimum Gasteiger partial charge on any atom is -0.378 e. The minimum absolute atomic E-state index is 0.686. The maximum Gasteiger partial charge on any atom is 0.229 e. The molecule has 3 saturated heterocycles. The zero-order chi connectivity index (χ0) is 22.0. The van der Waals surface area contributed by atoms with Crippen LogP contribution in [0.15, 0.2) is 30.3 Å². The average molecular weight is 452 g/mol. The number of ether oxygens (including phenoxy) is 3. The van der Waals surface area contributed by atoms with Gasteiger partial charge in [0.15, 0.2) is 17.0 Å². The molecule has 0 atom stereocenters. The van der Waals surface area contributed by atoms with Crippen molar-refractivity contribution in [2.75, 3.05) is 93.6 Å². The predicted molar refractivity (Wildman–Crippen MR) is 126 cm³/mol. The van der Waals surface area contributed by atoms with Crippen LogP contribution >= 0.6 is 0 Å². The van der Waals surface area contributed by atoms with Crippen molar-refractivity contribution in [3.05, 3.63) is 30.3 Å². The molecule has 6 rings (SSSR count). The van der Waals surface area contributed by atoms with Gasteiger partial charge in [0.2, 0.25) is 11.9 Å². The summed E-state index contributed by atoms with van der Waals surface area (Å²) in [6.45, 7) is 8.88. The van der Waals surface area contributed by atoms with E-state index in [0.29, 0.717) is 39.6 Å². The van der Waals surface area contributed by atoms with E-state index < -0.39 is 0 Å². The highest BCUT2D eigenvalue weighted by atomic mass is 16.5. The molecule has 33 heavy (non-hydrogen) atoms. The molecule has 0 radical (unpaired) electrons. The van der Waals surface area contributed by atoms with Crippen molar-refractivity contribution < 1.29 is 14.2 Å². The zero-order valence-corrected chi connectivity index (χ0v) is 18.7. The van der Waals surface area contributed by atoms with Gasteiger partial charge in [0.05, 0.1) is 45.3 Å². The number of morpholine rings is 3. The topological polar surface area (TPSA) is 81.0 Å². The molecule has 0 amide bonds. The molecule has 10 heteroatoms. The highest BCUT2D eigenvalue weighted by molar-refractivity contribution is 5.89. The molecule has 0 bridgehead atoms. The molecular formula is C23H29N7O3. The molecule has 174 valence electrons. The normalized spacial score (nSPS) is 19.9. The third kappa shape index (κ3) is 3.98. The lowest BCUT2D eigenvalue weighted by atomic mass is 10.3. The first kappa shape index (κ1) is 20.6. The second kappa shape index (κ2) is 9.12. The maximum absolute atomic E-state index is 5.61. The summed E-state index contributed by atoms with van der Waals surface area (Å²) in [6.07, 6.45) is 0. The third-order valence-corrected chi connectivity index (χ3v) is 6.37. The molecule has 0 unspecified atom stereocenters. The molecule has 3 fully saturated rings. The van der Waals surface area contributed by atoms with Gasteiger partial charge in [0.25, 0.3) is 0 Å². The Morgan fingerprint density at radius 1 is 0.606 bits per heavy atom. The number of nitrogens with zero attached hydrogens (tertiary/aromatic N) is 7. The number of hydrogen-bond acceptors (Lipinski definition) is 9. The first-order valence-corrected chi connectivity index (χ1v) is 11.7. The summed E-state index contributed by atoms with van der Waals surface area (Å²) < 4.78 is 19.0. The van der Waals surface area contributed by atoms with Crippen LogP contribution in [0.4, 0.5) is 17.7 Å². The number of benzene rings is 1. The summed E-state index contributed by atoms with van der Waals surface area (Å²) in [5.41, 5.74) is 2.71. The highest BCUT2D eigenvalue weighted by Crippen LogP contribution is 2.33. The maximum atomic E-state index is 5.61. The number of aromatic nitrogens is 4. The van der Waals surface area contributed by atoms with Gasteiger partial charge in [-0.3, -0.25) is 4.57 Å². The quantitative estimate of drug-likeness (QED) is 0.583. The summed E-state index contributed by atoms with van der Waals surface area (Å²) in [5, 5.41) is 0. The molecule has 0 N–H and O–H groups in total. The van der Waals surface area contributed by atoms with Crippen LogP contribution in [0.1, 0.15) is 0 Å². The summed E-state index contributed by atoms with van der Waals surface area (Å²) >= 11 is 0. The van der Waals surface area contributed by atoms with Crippen LogP contribution in [0, 0.1) is 0 Å². The minimum atomic E-state index is 0.686. The summed E-state index contributed by atoms with van der Waals surface area (Å²) in [7, 11) is 0. The predicted octanol–water partition coefficient (Wildman–Crippen LogP) is 1.33. The lowest BCUT2D eigenvalue weighted by Crippen LogP contribution is -2.39. The Bertz CT molecular complexity index is 1090. The standard InChI is InChI=1S/C23H29N7O3/c1-2-4-18(5-3-1)30-21-19(24-23(30)29-10-16-33-17-11-29)20(27-6-12-31-13-7-27)25-22(26-21)28-8-14-32-15-9-28/h1-5H,6-17H2. The Morgan fingerprint density at radius 3 is 1.82 bits per heavy atom. The summed E-state index contributed by atoms with van der Waals surface area (Å²) in [6, 6.07) is 10.4. The van der Waals surface area contributed by atoms with E-state index in [1.165, 1.54) is 0 Å². The molecule has 0 saturated carbocycles. The van der Waals surface area contributed by atoms with E-state index in [-0.39, 0.29) is 0 Å². The van der Waals surface area contributed by atoms with Crippen molar-refractivity contribution in [1.82, 2.24) is 19.5 Å². The Kier molecular flexibility index (Phi) is 5.71. The van der Waals surface area contributed by atoms with Crippen molar-refractivity contribution >= 4 is 28.9 Å². The van der Waals surface area contributed by atoms with Gasteiger partial charge in [-0.2, -0.15) is 9.97 Å². The van der Waals surface area contributed by atoms with Crippen LogP contribution in [-0.4, -0.2) is 98.4 Å². The molecule has 5 heterocycles. The van der Waals surface area contributed by atoms with E-state index in [1.54, 1.807) is 0 Å². The molecule has 0 aliphatic carbocycles. The van der Waals surface area contributed by atoms with Gasteiger partial charge in [-0.25, -0.2) is 4.98 Å². The number of hydrogen-bond donors (Lipinski definition) is 0. The van der Waals surface area contributed by atoms with Gasteiger partial charge >= 0.3 is 0 Å². The van der Waals surface area contributed by atoms with Gasteiger partial charge in [-0.1, -0.05) is 18.2 Å². The number of anilines is 3. The second-order valence-corrected chi connectivity index (χ2v) is 8.40. The Morgan fingerprint density at radius 2 is 1.18 bits per heavy atom. The number of para-hydroxylation sites is 1. The fraction of sp³-hybridized carbons (Fsp3) is 0.522. The number of rotatable bonds is 4.